The summed E-state index contributed by atoms with van der Waals surface area (Å²) in [6.45, 7) is 3.19. The molecular weight excluding hydrogens is 751 g/mol. The minimum Gasteiger partial charge on any atom is -0.457 e. The van der Waals surface area contributed by atoms with E-state index in [1.54, 1.807) is 0 Å². The maximum absolute atomic E-state index is 12.6. The number of aliphatic hydroxyl groups is 2. The summed E-state index contributed by atoms with van der Waals surface area (Å²) in [5, 5.41) is 18.4. The van der Waals surface area contributed by atoms with E-state index in [-0.39, 0.29) is 13.0 Å². The molecule has 10 heteroatoms. The number of carbonyl (C=O) groups excluding carboxylic acids is 1. The van der Waals surface area contributed by atoms with Crippen LogP contribution in [-0.2, 0) is 27.9 Å². The maximum Gasteiger partial charge on any atom is 0.472 e. The average molecular weight is 833 g/mol. The first-order valence-corrected chi connectivity index (χ1v) is 23.7. The van der Waals surface area contributed by atoms with Gasteiger partial charge in [-0.15, -0.1) is 0 Å². The molecule has 0 aliphatic rings. The van der Waals surface area contributed by atoms with Gasteiger partial charge in [0, 0.05) is 13.0 Å². The molecule has 0 radical (unpaired) electrons. The fraction of sp³-hybridized carbons (Fsp3) is 0.646. The van der Waals surface area contributed by atoms with Crippen LogP contribution in [0.4, 0.5) is 0 Å². The third kappa shape index (κ3) is 43.0. The van der Waals surface area contributed by atoms with Crippen molar-refractivity contribution >= 4 is 13.8 Å². The molecule has 0 aliphatic heterocycles. The van der Waals surface area contributed by atoms with Gasteiger partial charge in [0.15, 0.2) is 0 Å². The first-order chi connectivity index (χ1) is 28.3. The quantitative estimate of drug-likeness (QED) is 0.0238. The first-order valence-electron chi connectivity index (χ1n) is 22.2. The standard InChI is InChI=1S/C48H81O9P/c1-3-5-7-9-11-13-15-17-19-21-22-23-25-27-29-31-33-35-37-39-41-54-44-47(45-56-58(52,53)55-43-46(50)42-49)57-48(51)40-38-36-34-32-30-28-26-24-20-18-16-14-12-10-8-6-4-2/h5-8,11-14,17-20,22-23,27,29,46-47,49-50H,3-4,9-10,15-16,21,24-26,28,30-45H2,1-2H3,(H,52,53)/b7-5-,8-6-,13-11-,14-12-,19-17-,20-18-,23-22-,29-27-. The number of allylic oxidation sites excluding steroid dienone is 16. The Labute approximate surface area is 353 Å². The number of ether oxygens (including phenoxy) is 2. The van der Waals surface area contributed by atoms with Gasteiger partial charge in [0.1, 0.15) is 12.2 Å². The van der Waals surface area contributed by atoms with Crippen molar-refractivity contribution in [1.29, 1.82) is 0 Å². The highest BCUT2D eigenvalue weighted by Gasteiger charge is 2.26. The van der Waals surface area contributed by atoms with E-state index in [4.69, 9.17) is 23.6 Å². The van der Waals surface area contributed by atoms with Crippen molar-refractivity contribution in [2.24, 2.45) is 0 Å². The molecule has 0 aromatic carbocycles. The molecule has 3 unspecified atom stereocenters. The number of unbranched alkanes of at least 4 members (excludes halogenated alkanes) is 11. The van der Waals surface area contributed by atoms with Gasteiger partial charge in [-0.1, -0.05) is 156 Å². The van der Waals surface area contributed by atoms with Crippen molar-refractivity contribution in [2.75, 3.05) is 33.0 Å². The Morgan fingerprint density at radius 1 is 0.534 bits per heavy atom. The first kappa shape index (κ1) is 55.4. The van der Waals surface area contributed by atoms with Gasteiger partial charge in [0.25, 0.3) is 0 Å². The van der Waals surface area contributed by atoms with Crippen LogP contribution < -0.4 is 0 Å². The highest BCUT2D eigenvalue weighted by molar-refractivity contribution is 7.47. The largest absolute Gasteiger partial charge is 0.472 e. The summed E-state index contributed by atoms with van der Waals surface area (Å²) in [7, 11) is -4.54. The van der Waals surface area contributed by atoms with Crippen LogP contribution in [0.2, 0.25) is 0 Å². The molecule has 0 aromatic heterocycles. The molecule has 0 amide bonds. The molecule has 0 bridgehead atoms. The Kier molecular flexibility index (Phi) is 42.0. The van der Waals surface area contributed by atoms with Gasteiger partial charge < -0.3 is 24.6 Å². The van der Waals surface area contributed by atoms with Crippen molar-refractivity contribution in [3.8, 4) is 0 Å². The minimum atomic E-state index is -4.54. The van der Waals surface area contributed by atoms with Gasteiger partial charge in [-0.2, -0.15) is 0 Å². The molecule has 332 valence electrons. The van der Waals surface area contributed by atoms with E-state index in [2.05, 4.69) is 111 Å². The number of phosphoric acid groups is 1. The molecule has 9 nitrogen and oxygen atoms in total. The molecule has 0 saturated heterocycles. The van der Waals surface area contributed by atoms with Crippen LogP contribution in [0.25, 0.3) is 0 Å². The third-order valence-corrected chi connectivity index (χ3v) is 9.72. The monoisotopic (exact) mass is 833 g/mol. The number of rotatable bonds is 41. The fourth-order valence-corrected chi connectivity index (χ4v) is 6.24. The van der Waals surface area contributed by atoms with Gasteiger partial charge in [0.2, 0.25) is 0 Å². The Morgan fingerprint density at radius 3 is 1.40 bits per heavy atom. The summed E-state index contributed by atoms with van der Waals surface area (Å²) >= 11 is 0. The van der Waals surface area contributed by atoms with E-state index < -0.39 is 45.8 Å². The van der Waals surface area contributed by atoms with E-state index in [9.17, 15) is 19.4 Å². The zero-order chi connectivity index (χ0) is 42.5. The average Bonchev–Trinajstić information content (AvgIpc) is 3.21. The summed E-state index contributed by atoms with van der Waals surface area (Å²) < 4.78 is 33.4. The van der Waals surface area contributed by atoms with Crippen molar-refractivity contribution < 1.29 is 43.0 Å². The molecule has 0 rings (SSSR count). The molecule has 0 heterocycles. The number of phosphoric ester groups is 1. The van der Waals surface area contributed by atoms with Gasteiger partial charge >= 0.3 is 13.8 Å². The molecule has 0 aromatic rings. The van der Waals surface area contributed by atoms with Gasteiger partial charge in [0.05, 0.1) is 26.4 Å². The SMILES string of the molecule is CC/C=C\C/C=C\C/C=C\C/C=C\C/C=C\CCCCCCOCC(COP(=O)(O)OCC(O)CO)OC(=O)CCCCCCCCC/C=C\C/C=C\C/C=C\CC. The van der Waals surface area contributed by atoms with Crippen LogP contribution >= 0.6 is 7.82 Å². The number of hydrogen-bond acceptors (Lipinski definition) is 8. The second kappa shape index (κ2) is 43.9. The summed E-state index contributed by atoms with van der Waals surface area (Å²) in [4.78, 5) is 22.6. The normalized spacial score (nSPS) is 14.9. The Bertz CT molecular complexity index is 1220. The van der Waals surface area contributed by atoms with Crippen LogP contribution in [-0.4, -0.2) is 66.3 Å². The number of hydrogen-bond donors (Lipinski definition) is 3. The third-order valence-electron chi connectivity index (χ3n) is 8.77. The Hall–Kier alpha value is -2.62. The van der Waals surface area contributed by atoms with Gasteiger partial charge in [-0.25, -0.2) is 4.57 Å². The molecule has 0 aliphatic carbocycles. The lowest BCUT2D eigenvalue weighted by Gasteiger charge is -2.20. The summed E-state index contributed by atoms with van der Waals surface area (Å²) in [5.41, 5.74) is 0. The summed E-state index contributed by atoms with van der Waals surface area (Å²) in [6.07, 6.45) is 55.1. The van der Waals surface area contributed by atoms with Crippen molar-refractivity contribution in [3.05, 3.63) is 97.2 Å². The van der Waals surface area contributed by atoms with Crippen LogP contribution in [0.15, 0.2) is 97.2 Å². The molecule has 58 heavy (non-hydrogen) atoms. The topological polar surface area (TPSA) is 132 Å². The zero-order valence-corrected chi connectivity index (χ0v) is 37.1. The van der Waals surface area contributed by atoms with E-state index in [0.29, 0.717) is 13.0 Å². The second-order valence-electron chi connectivity index (χ2n) is 14.3. The minimum absolute atomic E-state index is 0.0214. The Morgan fingerprint density at radius 2 is 0.931 bits per heavy atom. The molecule has 0 saturated carbocycles. The Balaban J connectivity index is 4.26. The highest BCUT2D eigenvalue weighted by atomic mass is 31.2. The molecule has 0 fully saturated rings. The molecule has 3 N–H and O–H groups in total. The lowest BCUT2D eigenvalue weighted by molar-refractivity contribution is -0.154. The highest BCUT2D eigenvalue weighted by Crippen LogP contribution is 2.43. The predicted molar refractivity (Wildman–Crippen MR) is 242 cm³/mol. The van der Waals surface area contributed by atoms with Crippen LogP contribution in [0.3, 0.4) is 0 Å². The number of carbonyl (C=O) groups is 1. The smallest absolute Gasteiger partial charge is 0.457 e. The lowest BCUT2D eigenvalue weighted by Crippen LogP contribution is -2.29. The van der Waals surface area contributed by atoms with Gasteiger partial charge in [-0.05, 0) is 89.9 Å². The van der Waals surface area contributed by atoms with E-state index in [1.165, 1.54) is 19.3 Å². The van der Waals surface area contributed by atoms with E-state index >= 15 is 0 Å². The molecule has 0 spiro atoms. The van der Waals surface area contributed by atoms with Crippen molar-refractivity contribution in [2.45, 2.75) is 167 Å². The van der Waals surface area contributed by atoms with Crippen LogP contribution in [0.5, 0.6) is 0 Å². The summed E-state index contributed by atoms with van der Waals surface area (Å²) in [6, 6.07) is 0. The molecule has 3 atom stereocenters. The lowest BCUT2D eigenvalue weighted by atomic mass is 10.1. The zero-order valence-electron chi connectivity index (χ0n) is 36.2. The van der Waals surface area contributed by atoms with E-state index in [1.807, 2.05) is 0 Å². The summed E-state index contributed by atoms with van der Waals surface area (Å²) in [5.74, 6) is -0.407. The fourth-order valence-electron chi connectivity index (χ4n) is 5.45. The van der Waals surface area contributed by atoms with Crippen molar-refractivity contribution in [3.63, 3.8) is 0 Å². The molecular formula is C48H81O9P. The van der Waals surface area contributed by atoms with Crippen LogP contribution in [0, 0.1) is 0 Å². The van der Waals surface area contributed by atoms with Crippen LogP contribution in [0.1, 0.15) is 155 Å². The predicted octanol–water partition coefficient (Wildman–Crippen LogP) is 12.5. The van der Waals surface area contributed by atoms with E-state index in [0.717, 1.165) is 109 Å². The maximum atomic E-state index is 12.6. The number of aliphatic hydroxyl groups excluding tert-OH is 2. The number of esters is 1. The van der Waals surface area contributed by atoms with Gasteiger partial charge in [-0.3, -0.25) is 13.8 Å². The van der Waals surface area contributed by atoms with Crippen molar-refractivity contribution in [1.82, 2.24) is 0 Å². The second-order valence-corrected chi connectivity index (χ2v) is 15.8.